The van der Waals surface area contributed by atoms with Gasteiger partial charge in [0.05, 0.1) is 29.5 Å². The van der Waals surface area contributed by atoms with Crippen molar-refractivity contribution in [3.8, 4) is 11.4 Å². The lowest BCUT2D eigenvalue weighted by Crippen LogP contribution is -2.41. The number of carbonyl (C=O) groups excluding carboxylic acids is 2. The Balaban J connectivity index is 1.38. The van der Waals surface area contributed by atoms with E-state index < -0.39 is 29.6 Å². The fourth-order valence-corrected chi connectivity index (χ4v) is 7.23. The predicted octanol–water partition coefficient (Wildman–Crippen LogP) is 4.60. The van der Waals surface area contributed by atoms with Crippen molar-refractivity contribution in [2.24, 2.45) is 0 Å². The quantitative estimate of drug-likeness (QED) is 0.200. The lowest BCUT2D eigenvalue weighted by Gasteiger charge is -2.32. The molecule has 0 unspecified atom stereocenters. The zero-order valence-electron chi connectivity index (χ0n) is 23.7. The summed E-state index contributed by atoms with van der Waals surface area (Å²) in [6.07, 6.45) is 0.0936. The van der Waals surface area contributed by atoms with Crippen LogP contribution in [0.5, 0.6) is 0 Å². The van der Waals surface area contributed by atoms with Gasteiger partial charge in [-0.05, 0) is 54.5 Å². The van der Waals surface area contributed by atoms with Gasteiger partial charge in [-0.2, -0.15) is 0 Å². The zero-order valence-corrected chi connectivity index (χ0v) is 24.6. The first-order valence-electron chi connectivity index (χ1n) is 14.5. The molecule has 0 spiro atoms. The van der Waals surface area contributed by atoms with Crippen LogP contribution < -0.4 is 5.32 Å². The van der Waals surface area contributed by atoms with Crippen molar-refractivity contribution in [1.29, 1.82) is 0 Å². The largest absolute Gasteiger partial charge is 0.458 e. The minimum Gasteiger partial charge on any atom is -0.458 e. The number of aromatic nitrogens is 2. The number of benzene rings is 2. The highest BCUT2D eigenvalue weighted by atomic mass is 32.1. The van der Waals surface area contributed by atoms with Gasteiger partial charge < -0.3 is 24.8 Å². The first kappa shape index (κ1) is 27.8. The average molecular weight is 600 g/mol. The van der Waals surface area contributed by atoms with Gasteiger partial charge in [0.25, 0.3) is 0 Å². The zero-order chi connectivity index (χ0) is 30.2. The predicted molar refractivity (Wildman–Crippen MR) is 159 cm³/mol. The van der Waals surface area contributed by atoms with Gasteiger partial charge in [0, 0.05) is 34.6 Å². The van der Waals surface area contributed by atoms with Crippen molar-refractivity contribution in [2.45, 2.75) is 70.4 Å². The second-order valence-electron chi connectivity index (χ2n) is 11.6. The number of esters is 1. The molecule has 3 atom stereocenters. The maximum atomic E-state index is 15.2. The van der Waals surface area contributed by atoms with E-state index in [0.29, 0.717) is 57.6 Å². The maximum absolute atomic E-state index is 15.2. The Bertz CT molecular complexity index is 1920. The summed E-state index contributed by atoms with van der Waals surface area (Å²) in [6.45, 7) is 3.77. The van der Waals surface area contributed by atoms with Gasteiger partial charge >= 0.3 is 5.97 Å². The molecular formula is C33H30FN3O5S. The van der Waals surface area contributed by atoms with E-state index >= 15 is 4.39 Å². The molecule has 2 aromatic carbocycles. The standard InChI is InChI=1S/C33H30FN3O5S/c1-3-33(41)21-12-25-29-19(14-37(25)31(43)20(21)15-42-32(33)40)28-23(36-30(39)26(38)11-17-7-5-4-6-8-17)10-9-18-16(2)22(34)13-24(35-29)27(18)28/h4-8,12-13,23,26,38,41H,3,9-11,14-15H2,1-2H3,(H,36,39)/t23-,26-,33-/m0/s1. The van der Waals surface area contributed by atoms with Crippen LogP contribution in [0, 0.1) is 17.4 Å². The molecule has 1 amide bonds. The van der Waals surface area contributed by atoms with Crippen LogP contribution in [-0.2, 0) is 45.9 Å². The Morgan fingerprint density at radius 1 is 1.26 bits per heavy atom. The van der Waals surface area contributed by atoms with Gasteiger partial charge in [-0.25, -0.2) is 14.2 Å². The summed E-state index contributed by atoms with van der Waals surface area (Å²) in [4.78, 5) is 30.9. The van der Waals surface area contributed by atoms with Gasteiger partial charge in [0.15, 0.2) is 5.60 Å². The molecule has 0 fully saturated rings. The number of hydrogen-bond acceptors (Lipinski definition) is 7. The third kappa shape index (κ3) is 4.15. The normalized spacial score (nSPS) is 20.7. The van der Waals surface area contributed by atoms with E-state index in [2.05, 4.69) is 5.32 Å². The number of aryl methyl sites for hydroxylation is 1. The molecular weight excluding hydrogens is 569 g/mol. The number of amides is 1. The summed E-state index contributed by atoms with van der Waals surface area (Å²) in [5.74, 6) is -1.56. The molecule has 0 saturated carbocycles. The molecule has 3 aliphatic rings. The minimum absolute atomic E-state index is 0.0409. The molecule has 2 aliphatic heterocycles. The second-order valence-corrected chi connectivity index (χ2v) is 12.0. The van der Waals surface area contributed by atoms with Crippen LogP contribution in [0.4, 0.5) is 4.39 Å². The van der Waals surface area contributed by atoms with E-state index in [4.69, 9.17) is 21.9 Å². The Morgan fingerprint density at radius 3 is 2.77 bits per heavy atom. The Morgan fingerprint density at radius 2 is 2.02 bits per heavy atom. The summed E-state index contributed by atoms with van der Waals surface area (Å²) in [7, 11) is 0. The number of rotatable bonds is 5. The highest BCUT2D eigenvalue weighted by molar-refractivity contribution is 7.71. The summed E-state index contributed by atoms with van der Waals surface area (Å²) < 4.78 is 22.8. The number of nitrogens with one attached hydrogen (secondary N) is 1. The molecule has 3 N–H and O–H groups in total. The Labute approximate surface area is 252 Å². The molecule has 43 heavy (non-hydrogen) atoms. The van der Waals surface area contributed by atoms with Crippen LogP contribution in [0.3, 0.4) is 0 Å². The number of nitrogens with zero attached hydrogens (tertiary/aromatic N) is 2. The summed E-state index contributed by atoms with van der Waals surface area (Å²) >= 11 is 5.88. The molecule has 2 aromatic heterocycles. The lowest BCUT2D eigenvalue weighted by atomic mass is 9.81. The minimum atomic E-state index is -1.84. The fraction of sp³-hybridized carbons (Fsp3) is 0.333. The molecule has 0 radical (unpaired) electrons. The fourth-order valence-electron chi connectivity index (χ4n) is 6.90. The number of aliphatic hydroxyl groups excluding tert-OH is 1. The smallest absolute Gasteiger partial charge is 0.343 e. The molecule has 220 valence electrons. The van der Waals surface area contributed by atoms with Gasteiger partial charge in [-0.3, -0.25) is 4.79 Å². The van der Waals surface area contributed by atoms with Crippen molar-refractivity contribution in [1.82, 2.24) is 14.9 Å². The third-order valence-electron chi connectivity index (χ3n) is 9.27. The number of aliphatic hydroxyl groups is 2. The van der Waals surface area contributed by atoms with E-state index in [1.54, 1.807) is 19.9 Å². The van der Waals surface area contributed by atoms with Gasteiger partial charge in [0.1, 0.15) is 23.2 Å². The summed E-state index contributed by atoms with van der Waals surface area (Å²) in [5, 5.41) is 26.0. The Kier molecular flexibility index (Phi) is 6.50. The van der Waals surface area contributed by atoms with Crippen molar-refractivity contribution in [3.63, 3.8) is 0 Å². The van der Waals surface area contributed by atoms with Crippen LogP contribution in [0.15, 0.2) is 42.5 Å². The monoisotopic (exact) mass is 599 g/mol. The van der Waals surface area contributed by atoms with Gasteiger partial charge in [0.2, 0.25) is 5.91 Å². The lowest BCUT2D eigenvalue weighted by molar-refractivity contribution is -0.172. The summed E-state index contributed by atoms with van der Waals surface area (Å²) in [6, 6.07) is 12.0. The van der Waals surface area contributed by atoms with E-state index in [1.807, 2.05) is 34.9 Å². The number of hydrogen-bond donors (Lipinski definition) is 3. The molecule has 10 heteroatoms. The van der Waals surface area contributed by atoms with Crippen LogP contribution in [-0.4, -0.2) is 37.7 Å². The summed E-state index contributed by atoms with van der Waals surface area (Å²) in [5.41, 5.74) is 4.69. The van der Waals surface area contributed by atoms with Crippen molar-refractivity contribution in [2.75, 3.05) is 0 Å². The number of fused-ring (bicyclic) bond motifs is 5. The molecule has 7 rings (SSSR count). The maximum Gasteiger partial charge on any atom is 0.343 e. The molecule has 0 saturated heterocycles. The number of cyclic esters (lactones) is 1. The number of pyridine rings is 2. The van der Waals surface area contributed by atoms with Gasteiger partial charge in [-0.15, -0.1) is 0 Å². The molecule has 4 heterocycles. The van der Waals surface area contributed by atoms with E-state index in [-0.39, 0.29) is 25.3 Å². The van der Waals surface area contributed by atoms with Crippen molar-refractivity contribution in [3.05, 3.63) is 91.9 Å². The highest BCUT2D eigenvalue weighted by Gasteiger charge is 2.45. The van der Waals surface area contributed by atoms with E-state index in [1.165, 1.54) is 6.07 Å². The van der Waals surface area contributed by atoms with Crippen molar-refractivity contribution >= 4 is 35.0 Å². The van der Waals surface area contributed by atoms with Crippen LogP contribution in [0.1, 0.15) is 64.8 Å². The van der Waals surface area contributed by atoms with Crippen LogP contribution in [0.2, 0.25) is 0 Å². The SMILES string of the molecule is CC[C@@]1(O)C(=O)OCc2c1cc1n(c2=S)Cc2c-1nc1cc(F)c(C)c3c1c2[C@@H](NC(=O)[C@@H](O)Cc1ccccc1)CC3. The number of halogens is 1. The van der Waals surface area contributed by atoms with Crippen LogP contribution >= 0.6 is 12.2 Å². The molecule has 0 bridgehead atoms. The first-order valence-corrected chi connectivity index (χ1v) is 14.9. The number of carbonyl (C=O) groups is 2. The van der Waals surface area contributed by atoms with E-state index in [0.717, 1.165) is 27.6 Å². The van der Waals surface area contributed by atoms with Gasteiger partial charge in [-0.1, -0.05) is 49.5 Å². The average Bonchev–Trinajstić information content (AvgIpc) is 3.37. The second kappa shape index (κ2) is 10.0. The first-order chi connectivity index (χ1) is 20.6. The third-order valence-corrected chi connectivity index (χ3v) is 9.74. The Hall–Kier alpha value is -3.99. The van der Waals surface area contributed by atoms with Crippen LogP contribution in [0.25, 0.3) is 22.3 Å². The topological polar surface area (TPSA) is 114 Å². The van der Waals surface area contributed by atoms with Crippen molar-refractivity contribution < 1.29 is 28.9 Å². The highest BCUT2D eigenvalue weighted by Crippen LogP contribution is 2.47. The molecule has 4 aromatic rings. The number of ether oxygens (including phenoxy) is 1. The molecule has 1 aliphatic carbocycles. The molecule has 8 nitrogen and oxygen atoms in total. The van der Waals surface area contributed by atoms with E-state index in [9.17, 15) is 19.8 Å².